The highest BCUT2D eigenvalue weighted by Crippen LogP contribution is 2.40. The van der Waals surface area contributed by atoms with Gasteiger partial charge in [0.1, 0.15) is 0 Å². The summed E-state index contributed by atoms with van der Waals surface area (Å²) in [7, 11) is 0. The van der Waals surface area contributed by atoms with Gasteiger partial charge in [0.15, 0.2) is 0 Å². The molecule has 0 aliphatic heterocycles. The van der Waals surface area contributed by atoms with Gasteiger partial charge < -0.3 is 0 Å². The van der Waals surface area contributed by atoms with Crippen LogP contribution < -0.4 is 0 Å². The summed E-state index contributed by atoms with van der Waals surface area (Å²) in [5.74, 6) is 0.240. The van der Waals surface area contributed by atoms with Gasteiger partial charge in [-0.25, -0.2) is 0 Å². The highest BCUT2D eigenvalue weighted by Gasteiger charge is 2.21. The van der Waals surface area contributed by atoms with E-state index in [4.69, 9.17) is 11.6 Å². The van der Waals surface area contributed by atoms with Crippen molar-refractivity contribution in [2.45, 2.75) is 12.3 Å². The highest BCUT2D eigenvalue weighted by atomic mass is 35.5. The maximum absolute atomic E-state index is 6.17. The summed E-state index contributed by atoms with van der Waals surface area (Å²) in [5, 5.41) is 0.810. The summed E-state index contributed by atoms with van der Waals surface area (Å²) in [6, 6.07) is 27.4. The maximum Gasteiger partial charge on any atom is 0.0409 e. The minimum absolute atomic E-state index is 0.240. The van der Waals surface area contributed by atoms with E-state index in [0.717, 1.165) is 11.4 Å². The molecule has 1 aliphatic rings. The van der Waals surface area contributed by atoms with Crippen LogP contribution >= 0.6 is 11.6 Å². The SMILES string of the molecule is Clc1ccc2c(c1)CC=C2C(/C=C/c1ccccc1)c1ccccc1. The van der Waals surface area contributed by atoms with Gasteiger partial charge in [-0.2, -0.15) is 0 Å². The van der Waals surface area contributed by atoms with Crippen molar-refractivity contribution < 1.29 is 0 Å². The first-order valence-electron chi connectivity index (χ1n) is 8.58. The summed E-state index contributed by atoms with van der Waals surface area (Å²) in [6.45, 7) is 0. The summed E-state index contributed by atoms with van der Waals surface area (Å²) in [5.41, 5.74) is 6.53. The van der Waals surface area contributed by atoms with Crippen LogP contribution in [0.25, 0.3) is 11.6 Å². The Morgan fingerprint density at radius 1 is 0.840 bits per heavy atom. The summed E-state index contributed by atoms with van der Waals surface area (Å²) < 4.78 is 0. The molecular weight excluding hydrogens is 324 g/mol. The van der Waals surface area contributed by atoms with Crippen molar-refractivity contribution in [3.05, 3.63) is 118 Å². The van der Waals surface area contributed by atoms with E-state index in [1.54, 1.807) is 0 Å². The fourth-order valence-corrected chi connectivity index (χ4v) is 3.66. The minimum Gasteiger partial charge on any atom is -0.0843 e. The van der Waals surface area contributed by atoms with E-state index in [0.29, 0.717) is 0 Å². The van der Waals surface area contributed by atoms with E-state index in [-0.39, 0.29) is 5.92 Å². The molecule has 25 heavy (non-hydrogen) atoms. The fourth-order valence-electron chi connectivity index (χ4n) is 3.46. The fraction of sp³-hybridized carbons (Fsp3) is 0.0833. The number of allylic oxidation sites excluding steroid dienone is 3. The van der Waals surface area contributed by atoms with Gasteiger partial charge in [-0.3, -0.25) is 0 Å². The summed E-state index contributed by atoms with van der Waals surface area (Å²) in [4.78, 5) is 0. The minimum atomic E-state index is 0.240. The lowest BCUT2D eigenvalue weighted by Crippen LogP contribution is -1.98. The zero-order valence-corrected chi connectivity index (χ0v) is 14.7. The third-order valence-corrected chi connectivity index (χ3v) is 4.93. The lowest BCUT2D eigenvalue weighted by atomic mass is 9.87. The van der Waals surface area contributed by atoms with E-state index < -0.39 is 0 Å². The molecule has 4 rings (SSSR count). The van der Waals surface area contributed by atoms with Gasteiger partial charge in [0.2, 0.25) is 0 Å². The standard InChI is InChI=1S/C24H19Cl/c25-21-13-16-23-20(17-21)12-15-24(23)22(19-9-5-2-6-10-19)14-11-18-7-3-1-4-8-18/h1-11,13-17,22H,12H2/b14-11+. The Morgan fingerprint density at radius 2 is 1.56 bits per heavy atom. The summed E-state index contributed by atoms with van der Waals surface area (Å²) >= 11 is 6.17. The molecule has 0 amide bonds. The van der Waals surface area contributed by atoms with Crippen LogP contribution in [-0.2, 0) is 6.42 Å². The number of hydrogen-bond donors (Lipinski definition) is 0. The lowest BCUT2D eigenvalue weighted by Gasteiger charge is -2.17. The Hall–Kier alpha value is -2.57. The normalized spacial score (nSPS) is 14.4. The second-order valence-electron chi connectivity index (χ2n) is 6.32. The van der Waals surface area contributed by atoms with Gasteiger partial charge in [0.05, 0.1) is 0 Å². The molecule has 0 heterocycles. The molecule has 1 heteroatoms. The van der Waals surface area contributed by atoms with Crippen molar-refractivity contribution in [2.24, 2.45) is 0 Å². The quantitative estimate of drug-likeness (QED) is 0.490. The van der Waals surface area contributed by atoms with Crippen molar-refractivity contribution in [1.82, 2.24) is 0 Å². The maximum atomic E-state index is 6.17. The molecule has 0 radical (unpaired) electrons. The molecule has 1 atom stereocenters. The van der Waals surface area contributed by atoms with Gasteiger partial charge in [-0.1, -0.05) is 96.6 Å². The molecule has 122 valence electrons. The number of fused-ring (bicyclic) bond motifs is 1. The van der Waals surface area contributed by atoms with Crippen molar-refractivity contribution in [1.29, 1.82) is 0 Å². The van der Waals surface area contributed by atoms with Crippen molar-refractivity contribution >= 4 is 23.3 Å². The average Bonchev–Trinajstić information content (AvgIpc) is 3.06. The molecule has 0 fully saturated rings. The molecule has 0 saturated heterocycles. The number of halogens is 1. The number of hydrogen-bond acceptors (Lipinski definition) is 0. The lowest BCUT2D eigenvalue weighted by molar-refractivity contribution is 1.11. The largest absolute Gasteiger partial charge is 0.0843 e. The van der Waals surface area contributed by atoms with Gasteiger partial charge in [0.25, 0.3) is 0 Å². The van der Waals surface area contributed by atoms with Crippen LogP contribution in [0.1, 0.15) is 28.2 Å². The molecule has 0 bridgehead atoms. The molecule has 0 spiro atoms. The third-order valence-electron chi connectivity index (χ3n) is 4.69. The predicted octanol–water partition coefficient (Wildman–Crippen LogP) is 6.78. The van der Waals surface area contributed by atoms with E-state index >= 15 is 0 Å². The molecule has 3 aromatic carbocycles. The molecular formula is C24H19Cl. The van der Waals surface area contributed by atoms with Crippen molar-refractivity contribution in [2.75, 3.05) is 0 Å². The Morgan fingerprint density at radius 3 is 2.32 bits per heavy atom. The average molecular weight is 343 g/mol. The molecule has 0 saturated carbocycles. The van der Waals surface area contributed by atoms with Crippen LogP contribution in [0.3, 0.4) is 0 Å². The second-order valence-corrected chi connectivity index (χ2v) is 6.76. The number of benzene rings is 3. The van der Waals surface area contributed by atoms with Crippen LogP contribution in [-0.4, -0.2) is 0 Å². The van der Waals surface area contributed by atoms with Gasteiger partial charge >= 0.3 is 0 Å². The molecule has 1 unspecified atom stereocenters. The first-order chi connectivity index (χ1) is 12.3. The highest BCUT2D eigenvalue weighted by molar-refractivity contribution is 6.30. The predicted molar refractivity (Wildman–Crippen MR) is 108 cm³/mol. The van der Waals surface area contributed by atoms with E-state index in [1.807, 2.05) is 12.1 Å². The van der Waals surface area contributed by atoms with Gasteiger partial charge in [-0.05, 0) is 46.4 Å². The molecule has 3 aromatic rings. The van der Waals surface area contributed by atoms with Crippen LogP contribution in [0.4, 0.5) is 0 Å². The van der Waals surface area contributed by atoms with Crippen LogP contribution in [0.5, 0.6) is 0 Å². The zero-order valence-electron chi connectivity index (χ0n) is 13.9. The monoisotopic (exact) mass is 342 g/mol. The second kappa shape index (κ2) is 7.13. The molecule has 1 aliphatic carbocycles. The van der Waals surface area contributed by atoms with Crippen LogP contribution in [0.2, 0.25) is 5.02 Å². The van der Waals surface area contributed by atoms with E-state index in [9.17, 15) is 0 Å². The molecule has 0 aromatic heterocycles. The van der Waals surface area contributed by atoms with Crippen LogP contribution in [0.15, 0.2) is 91.0 Å². The van der Waals surface area contributed by atoms with Gasteiger partial charge in [0, 0.05) is 10.9 Å². The zero-order chi connectivity index (χ0) is 17.1. The Bertz CT molecular complexity index is 921. The van der Waals surface area contributed by atoms with E-state index in [1.165, 1.54) is 27.8 Å². The van der Waals surface area contributed by atoms with Crippen molar-refractivity contribution in [3.8, 4) is 0 Å². The third kappa shape index (κ3) is 3.45. The first-order valence-corrected chi connectivity index (χ1v) is 8.96. The van der Waals surface area contributed by atoms with Crippen LogP contribution in [0, 0.1) is 0 Å². The van der Waals surface area contributed by atoms with Gasteiger partial charge in [-0.15, -0.1) is 0 Å². The smallest absolute Gasteiger partial charge is 0.0409 e. The number of rotatable bonds is 4. The topological polar surface area (TPSA) is 0 Å². The Kier molecular flexibility index (Phi) is 4.54. The van der Waals surface area contributed by atoms with E-state index in [2.05, 4.69) is 85.0 Å². The first kappa shape index (κ1) is 15.9. The Labute approximate surface area is 154 Å². The van der Waals surface area contributed by atoms with Crippen molar-refractivity contribution in [3.63, 3.8) is 0 Å². The molecule has 0 nitrogen and oxygen atoms in total. The summed E-state index contributed by atoms with van der Waals surface area (Å²) in [6.07, 6.45) is 7.81. The Balaban J connectivity index is 1.74. The molecule has 0 N–H and O–H groups in total.